The molecule has 1 heterocycles. The zero-order chi connectivity index (χ0) is 12.5. The average Bonchev–Trinajstić information content (AvgIpc) is 2.66. The van der Waals surface area contributed by atoms with E-state index in [9.17, 15) is 18.3 Å². The summed E-state index contributed by atoms with van der Waals surface area (Å²) in [5.74, 6) is -1.20. The molecule has 0 bridgehead atoms. The minimum absolute atomic E-state index is 0.0613. The topological polar surface area (TPSA) is 23.5 Å². The Bertz CT molecular complexity index is 261. The highest BCUT2D eigenvalue weighted by molar-refractivity contribution is 4.89. The smallest absolute Gasteiger partial charge is 0.389 e. The number of hydrogen-bond donors (Lipinski definition) is 1. The van der Waals surface area contributed by atoms with E-state index >= 15 is 0 Å². The van der Waals surface area contributed by atoms with Crippen LogP contribution in [0.1, 0.15) is 38.5 Å². The van der Waals surface area contributed by atoms with Crippen molar-refractivity contribution in [1.29, 1.82) is 0 Å². The highest BCUT2D eigenvalue weighted by Gasteiger charge is 2.44. The lowest BCUT2D eigenvalue weighted by Crippen LogP contribution is -2.44. The van der Waals surface area contributed by atoms with Gasteiger partial charge in [-0.2, -0.15) is 13.2 Å². The Morgan fingerprint density at radius 2 is 1.82 bits per heavy atom. The number of β-amino-alcohol motifs (C(OH)–C–C–N with tert-alkyl or cyclic N) is 1. The Labute approximate surface area is 99.8 Å². The van der Waals surface area contributed by atoms with Crippen LogP contribution in [0.5, 0.6) is 0 Å². The third-order valence-electron chi connectivity index (χ3n) is 4.04. The zero-order valence-corrected chi connectivity index (χ0v) is 9.97. The van der Waals surface area contributed by atoms with Crippen molar-refractivity contribution in [2.24, 2.45) is 5.92 Å². The fourth-order valence-electron chi connectivity index (χ4n) is 3.03. The molecule has 0 spiro atoms. The summed E-state index contributed by atoms with van der Waals surface area (Å²) in [6.45, 7) is 0.942. The van der Waals surface area contributed by atoms with Crippen molar-refractivity contribution in [3.63, 3.8) is 0 Å². The zero-order valence-electron chi connectivity index (χ0n) is 9.97. The van der Waals surface area contributed by atoms with Crippen LogP contribution < -0.4 is 0 Å². The summed E-state index contributed by atoms with van der Waals surface area (Å²) in [6.07, 6.45) is 0.692. The highest BCUT2D eigenvalue weighted by Crippen LogP contribution is 2.35. The molecule has 2 nitrogen and oxygen atoms in total. The molecule has 1 saturated heterocycles. The van der Waals surface area contributed by atoms with Crippen LogP contribution in [0.4, 0.5) is 13.2 Å². The van der Waals surface area contributed by atoms with Gasteiger partial charge in [0, 0.05) is 13.1 Å². The quantitative estimate of drug-likeness (QED) is 0.815. The standard InChI is InChI=1S/C12H20F3NO/c13-12(14,15)10-4-7-16(8-10)9-11(17)5-2-1-3-6-11/h10,17H,1-9H2. The van der Waals surface area contributed by atoms with Gasteiger partial charge in [0.25, 0.3) is 0 Å². The predicted molar refractivity (Wildman–Crippen MR) is 58.6 cm³/mol. The molecule has 2 aliphatic rings. The van der Waals surface area contributed by atoms with Gasteiger partial charge in [-0.05, 0) is 25.8 Å². The molecule has 0 radical (unpaired) electrons. The van der Waals surface area contributed by atoms with Gasteiger partial charge >= 0.3 is 6.18 Å². The van der Waals surface area contributed by atoms with Crippen LogP contribution in [0.3, 0.4) is 0 Å². The summed E-state index contributed by atoms with van der Waals surface area (Å²) in [7, 11) is 0. The average molecular weight is 251 g/mol. The van der Waals surface area contributed by atoms with Gasteiger partial charge in [0.1, 0.15) is 0 Å². The maximum Gasteiger partial charge on any atom is 0.393 e. The summed E-state index contributed by atoms with van der Waals surface area (Å²) in [4.78, 5) is 1.78. The van der Waals surface area contributed by atoms with Gasteiger partial charge in [-0.15, -0.1) is 0 Å². The molecule has 1 unspecified atom stereocenters. The molecule has 0 amide bonds. The van der Waals surface area contributed by atoms with Gasteiger partial charge in [-0.25, -0.2) is 0 Å². The van der Waals surface area contributed by atoms with Crippen molar-refractivity contribution in [1.82, 2.24) is 4.90 Å². The van der Waals surface area contributed by atoms with Crippen molar-refractivity contribution < 1.29 is 18.3 Å². The minimum Gasteiger partial charge on any atom is -0.389 e. The lowest BCUT2D eigenvalue weighted by molar-refractivity contribution is -0.171. The van der Waals surface area contributed by atoms with E-state index in [1.165, 1.54) is 0 Å². The van der Waals surface area contributed by atoms with Gasteiger partial charge in [0.15, 0.2) is 0 Å². The third kappa shape index (κ3) is 3.35. The van der Waals surface area contributed by atoms with E-state index in [4.69, 9.17) is 0 Å². The number of alkyl halides is 3. The molecular formula is C12H20F3NO. The molecule has 5 heteroatoms. The van der Waals surface area contributed by atoms with E-state index in [2.05, 4.69) is 0 Å². The maximum absolute atomic E-state index is 12.5. The lowest BCUT2D eigenvalue weighted by atomic mass is 9.84. The van der Waals surface area contributed by atoms with Crippen LogP contribution in [0, 0.1) is 5.92 Å². The maximum atomic E-state index is 12.5. The van der Waals surface area contributed by atoms with Crippen LogP contribution in [-0.4, -0.2) is 41.4 Å². The molecule has 100 valence electrons. The first-order chi connectivity index (χ1) is 7.89. The van der Waals surface area contributed by atoms with E-state index in [0.717, 1.165) is 32.1 Å². The molecule has 17 heavy (non-hydrogen) atoms. The molecule has 2 fully saturated rings. The molecule has 2 rings (SSSR count). The number of nitrogens with zero attached hydrogens (tertiary/aromatic N) is 1. The molecule has 1 aliphatic heterocycles. The monoisotopic (exact) mass is 251 g/mol. The highest BCUT2D eigenvalue weighted by atomic mass is 19.4. The van der Waals surface area contributed by atoms with Crippen molar-refractivity contribution >= 4 is 0 Å². The third-order valence-corrected chi connectivity index (χ3v) is 4.04. The largest absolute Gasteiger partial charge is 0.393 e. The number of hydrogen-bond acceptors (Lipinski definition) is 2. The van der Waals surface area contributed by atoms with Crippen LogP contribution in [0.2, 0.25) is 0 Å². The summed E-state index contributed by atoms with van der Waals surface area (Å²) < 4.78 is 37.6. The number of rotatable bonds is 2. The number of aliphatic hydroxyl groups is 1. The molecule has 0 aromatic carbocycles. The number of likely N-dealkylation sites (tertiary alicyclic amines) is 1. The SMILES string of the molecule is OC1(CN2CCC(C(F)(F)F)C2)CCCCC1. The first-order valence-electron chi connectivity index (χ1n) is 6.41. The molecule has 0 aromatic rings. The predicted octanol–water partition coefficient (Wildman–Crippen LogP) is 2.57. The number of halogens is 3. The summed E-state index contributed by atoms with van der Waals surface area (Å²) in [5.41, 5.74) is -0.737. The summed E-state index contributed by atoms with van der Waals surface area (Å²) >= 11 is 0. The lowest BCUT2D eigenvalue weighted by Gasteiger charge is -2.35. The van der Waals surface area contributed by atoms with E-state index in [1.807, 2.05) is 0 Å². The fraction of sp³-hybridized carbons (Fsp3) is 1.00. The second-order valence-corrected chi connectivity index (χ2v) is 5.55. The normalized spacial score (nSPS) is 30.7. The Morgan fingerprint density at radius 3 is 2.35 bits per heavy atom. The first-order valence-corrected chi connectivity index (χ1v) is 6.41. The van der Waals surface area contributed by atoms with Crippen LogP contribution in [0.15, 0.2) is 0 Å². The second kappa shape index (κ2) is 4.76. The second-order valence-electron chi connectivity index (χ2n) is 5.55. The van der Waals surface area contributed by atoms with Gasteiger partial charge in [0.05, 0.1) is 11.5 Å². The van der Waals surface area contributed by atoms with Gasteiger partial charge < -0.3 is 5.11 Å². The Morgan fingerprint density at radius 1 is 1.18 bits per heavy atom. The first kappa shape index (κ1) is 13.1. The Balaban J connectivity index is 1.85. The Kier molecular flexibility index (Phi) is 3.69. The minimum atomic E-state index is -4.08. The van der Waals surface area contributed by atoms with Gasteiger partial charge in [-0.1, -0.05) is 19.3 Å². The summed E-state index contributed by atoms with van der Waals surface area (Å²) in [6, 6.07) is 0. The van der Waals surface area contributed by atoms with Crippen LogP contribution in [-0.2, 0) is 0 Å². The fourth-order valence-corrected chi connectivity index (χ4v) is 3.03. The van der Waals surface area contributed by atoms with Crippen molar-refractivity contribution in [3.8, 4) is 0 Å². The Hall–Kier alpha value is -0.290. The molecule has 1 aliphatic carbocycles. The molecular weight excluding hydrogens is 231 g/mol. The van der Waals surface area contributed by atoms with Gasteiger partial charge in [0.2, 0.25) is 0 Å². The van der Waals surface area contributed by atoms with E-state index in [0.29, 0.717) is 13.1 Å². The van der Waals surface area contributed by atoms with Crippen molar-refractivity contribution in [2.45, 2.75) is 50.3 Å². The summed E-state index contributed by atoms with van der Waals surface area (Å²) in [5, 5.41) is 10.3. The van der Waals surface area contributed by atoms with Crippen LogP contribution >= 0.6 is 0 Å². The van der Waals surface area contributed by atoms with Crippen LogP contribution in [0.25, 0.3) is 0 Å². The van der Waals surface area contributed by atoms with Crippen molar-refractivity contribution in [2.75, 3.05) is 19.6 Å². The van der Waals surface area contributed by atoms with E-state index in [1.54, 1.807) is 4.90 Å². The molecule has 0 aromatic heterocycles. The molecule has 1 N–H and O–H groups in total. The molecule has 1 atom stereocenters. The van der Waals surface area contributed by atoms with Crippen molar-refractivity contribution in [3.05, 3.63) is 0 Å². The molecule has 1 saturated carbocycles. The van der Waals surface area contributed by atoms with E-state index < -0.39 is 17.7 Å². The van der Waals surface area contributed by atoms with Gasteiger partial charge in [-0.3, -0.25) is 4.90 Å². The van der Waals surface area contributed by atoms with E-state index in [-0.39, 0.29) is 13.0 Å².